The van der Waals surface area contributed by atoms with Crippen LogP contribution < -0.4 is 16.0 Å². The molecular weight excluding hydrogens is 324 g/mol. The van der Waals surface area contributed by atoms with Crippen LogP contribution in [0.3, 0.4) is 0 Å². The first kappa shape index (κ1) is 16.6. The third-order valence-electron chi connectivity index (χ3n) is 3.89. The van der Waals surface area contributed by atoms with Gasteiger partial charge in [0.05, 0.1) is 29.4 Å². The van der Waals surface area contributed by atoms with Gasteiger partial charge in [-0.1, -0.05) is 0 Å². The zero-order valence-corrected chi connectivity index (χ0v) is 13.7. The van der Waals surface area contributed by atoms with E-state index in [1.807, 2.05) is 0 Å². The maximum Gasteiger partial charge on any atom is 0.302 e. The second kappa shape index (κ2) is 7.12. The summed E-state index contributed by atoms with van der Waals surface area (Å²) in [5.74, 6) is 0.280. The van der Waals surface area contributed by atoms with Crippen LogP contribution >= 0.6 is 0 Å². The minimum absolute atomic E-state index is 0.00439. The van der Waals surface area contributed by atoms with E-state index in [1.54, 1.807) is 11.0 Å². The van der Waals surface area contributed by atoms with Crippen molar-refractivity contribution in [2.45, 2.75) is 19.4 Å². The number of allylic oxidation sites excluding steroid dienone is 1. The third kappa shape index (κ3) is 3.82. The zero-order chi connectivity index (χ0) is 17.8. The number of fused-ring (bicyclic) bond motifs is 1. The minimum atomic E-state index is -0.330. The Bertz CT molecular complexity index is 904. The van der Waals surface area contributed by atoms with Crippen LogP contribution in [0.2, 0.25) is 0 Å². The average molecular weight is 342 g/mol. The predicted molar refractivity (Wildman–Crippen MR) is 92.2 cm³/mol. The molecule has 9 heteroatoms. The molecule has 1 aliphatic heterocycles. The van der Waals surface area contributed by atoms with Gasteiger partial charge in [-0.2, -0.15) is 4.98 Å². The molecule has 25 heavy (non-hydrogen) atoms. The Morgan fingerprint density at radius 3 is 3.12 bits per heavy atom. The number of likely N-dealkylation sites (tertiary alicyclic amines) is 1. The van der Waals surface area contributed by atoms with Crippen molar-refractivity contribution in [3.05, 3.63) is 40.8 Å². The molecule has 0 aromatic carbocycles. The molecule has 3 rings (SSSR count). The lowest BCUT2D eigenvalue weighted by atomic mass is 10.3. The monoisotopic (exact) mass is 342 g/mol. The molecule has 3 N–H and O–H groups in total. The number of nitrogens with zero attached hydrogens (tertiary/aromatic N) is 4. The van der Waals surface area contributed by atoms with Crippen LogP contribution in [0.15, 0.2) is 40.2 Å². The second-order valence-corrected chi connectivity index (χ2v) is 5.62. The van der Waals surface area contributed by atoms with E-state index in [2.05, 4.69) is 19.9 Å². The van der Waals surface area contributed by atoms with Crippen molar-refractivity contribution in [2.75, 3.05) is 13.1 Å². The van der Waals surface area contributed by atoms with Gasteiger partial charge in [0, 0.05) is 32.4 Å². The van der Waals surface area contributed by atoms with Crippen LogP contribution in [-0.4, -0.2) is 51.1 Å². The van der Waals surface area contributed by atoms with Crippen molar-refractivity contribution in [1.82, 2.24) is 19.9 Å². The highest BCUT2D eigenvalue weighted by Gasteiger charge is 2.23. The Morgan fingerprint density at radius 2 is 2.40 bits per heavy atom. The van der Waals surface area contributed by atoms with E-state index in [0.29, 0.717) is 24.0 Å². The van der Waals surface area contributed by atoms with Gasteiger partial charge in [-0.25, -0.2) is 0 Å². The molecule has 0 bridgehead atoms. The van der Waals surface area contributed by atoms with Crippen LogP contribution in [0.25, 0.3) is 10.9 Å². The van der Waals surface area contributed by atoms with Crippen LogP contribution in [0.1, 0.15) is 13.3 Å². The molecule has 2 aromatic rings. The first-order valence-corrected chi connectivity index (χ1v) is 7.79. The average Bonchev–Trinajstić information content (AvgIpc) is 3.08. The summed E-state index contributed by atoms with van der Waals surface area (Å²) >= 11 is 0. The highest BCUT2D eigenvalue weighted by atomic mass is 16.5. The van der Waals surface area contributed by atoms with Gasteiger partial charge in [0.15, 0.2) is 5.76 Å². The molecule has 3 heterocycles. The Balaban J connectivity index is 1.72. The molecule has 0 unspecified atom stereocenters. The summed E-state index contributed by atoms with van der Waals surface area (Å²) in [4.78, 5) is 40.1. The van der Waals surface area contributed by atoms with E-state index in [1.165, 1.54) is 31.7 Å². The molecule has 1 atom stereocenters. The molecule has 0 saturated carbocycles. The van der Waals surface area contributed by atoms with Crippen LogP contribution in [0.5, 0.6) is 6.01 Å². The zero-order valence-electron chi connectivity index (χ0n) is 13.7. The Hall–Kier alpha value is -3.23. The van der Waals surface area contributed by atoms with E-state index >= 15 is 0 Å². The van der Waals surface area contributed by atoms with Crippen LogP contribution in [-0.2, 0) is 4.79 Å². The third-order valence-corrected chi connectivity index (χ3v) is 3.89. The highest BCUT2D eigenvalue weighted by Crippen LogP contribution is 2.13. The van der Waals surface area contributed by atoms with Crippen LogP contribution in [0.4, 0.5) is 0 Å². The molecule has 2 aromatic heterocycles. The van der Waals surface area contributed by atoms with Gasteiger partial charge in [0.1, 0.15) is 0 Å². The summed E-state index contributed by atoms with van der Waals surface area (Å²) in [7, 11) is 0. The Morgan fingerprint density at radius 1 is 1.56 bits per heavy atom. The second-order valence-electron chi connectivity index (χ2n) is 5.62. The predicted octanol–water partition coefficient (Wildman–Crippen LogP) is 0.189. The van der Waals surface area contributed by atoms with E-state index in [4.69, 9.17) is 10.5 Å². The molecule has 1 fully saturated rings. The molecule has 1 aliphatic rings. The summed E-state index contributed by atoms with van der Waals surface area (Å²) in [6.07, 6.45) is 6.48. The molecule has 130 valence electrons. The fourth-order valence-electron chi connectivity index (χ4n) is 2.56. The largest absolute Gasteiger partial charge is 0.422 e. The van der Waals surface area contributed by atoms with Crippen molar-refractivity contribution in [1.29, 1.82) is 0 Å². The minimum Gasteiger partial charge on any atom is -0.422 e. The van der Waals surface area contributed by atoms with Gasteiger partial charge < -0.3 is 15.4 Å². The number of nitrogens with one attached hydrogen (secondary N) is 1. The lowest BCUT2D eigenvalue weighted by Crippen LogP contribution is -2.26. The molecular formula is C16H18N6O3. The lowest BCUT2D eigenvalue weighted by Gasteiger charge is -2.11. The van der Waals surface area contributed by atoms with E-state index < -0.39 is 0 Å². The molecule has 0 aliphatic carbocycles. The van der Waals surface area contributed by atoms with Gasteiger partial charge in [0.25, 0.3) is 5.56 Å². The number of ether oxygens (including phenoxy) is 1. The quantitative estimate of drug-likeness (QED) is 0.603. The molecule has 9 nitrogen and oxygen atoms in total. The lowest BCUT2D eigenvalue weighted by molar-refractivity contribution is -0.127. The number of amides is 1. The number of carbonyl (C=O) groups is 1. The van der Waals surface area contributed by atoms with Gasteiger partial charge in [-0.05, 0) is 12.5 Å². The van der Waals surface area contributed by atoms with E-state index in [0.717, 1.165) is 6.42 Å². The van der Waals surface area contributed by atoms with Crippen molar-refractivity contribution in [3.63, 3.8) is 0 Å². The van der Waals surface area contributed by atoms with Gasteiger partial charge in [0.2, 0.25) is 5.91 Å². The maximum atomic E-state index is 12.0. The molecule has 0 spiro atoms. The van der Waals surface area contributed by atoms with Crippen molar-refractivity contribution in [2.24, 2.45) is 10.7 Å². The van der Waals surface area contributed by atoms with Gasteiger partial charge in [-0.15, -0.1) is 0 Å². The Kier molecular flexibility index (Phi) is 4.73. The Labute approximate surface area is 143 Å². The number of pyridine rings is 1. The smallest absolute Gasteiger partial charge is 0.302 e. The number of aromatic amines is 1. The fraction of sp³-hybridized carbons (Fsp3) is 0.312. The van der Waals surface area contributed by atoms with Gasteiger partial charge in [-0.3, -0.25) is 24.5 Å². The number of aliphatic imine (C=N–C) groups is 1. The van der Waals surface area contributed by atoms with Crippen LogP contribution in [0, 0.1) is 0 Å². The first-order valence-electron chi connectivity index (χ1n) is 7.79. The first-order chi connectivity index (χ1) is 12.1. The number of aromatic nitrogens is 3. The number of hydrogen-bond donors (Lipinski definition) is 2. The summed E-state index contributed by atoms with van der Waals surface area (Å²) < 4.78 is 5.50. The SMILES string of the molecule is CC(=O)N1CC[C@H](N=CC(=CN)Oc2nc3cnccc3c(=O)[nH]2)C1. The topological polar surface area (TPSA) is 127 Å². The number of nitrogens with two attached hydrogens (primary N) is 1. The van der Waals surface area contributed by atoms with E-state index in [-0.39, 0.29) is 29.3 Å². The van der Waals surface area contributed by atoms with E-state index in [9.17, 15) is 9.59 Å². The molecule has 1 amide bonds. The maximum absolute atomic E-state index is 12.0. The number of carbonyl (C=O) groups excluding carboxylic acids is 1. The summed E-state index contributed by atoms with van der Waals surface area (Å²) in [5, 5.41) is 0.421. The molecule has 0 radical (unpaired) electrons. The number of hydrogen-bond acceptors (Lipinski definition) is 7. The van der Waals surface area contributed by atoms with Crippen molar-refractivity contribution < 1.29 is 9.53 Å². The molecule has 1 saturated heterocycles. The van der Waals surface area contributed by atoms with Gasteiger partial charge >= 0.3 is 6.01 Å². The standard InChI is InChI=1S/C16H18N6O3/c1-10(23)22-5-3-11(9-22)19-7-12(6-17)25-16-20-14-8-18-4-2-13(14)15(24)21-16/h2,4,6-8,11H,3,5,9,17H2,1H3,(H,20,21,24)/t11-/m0/s1. The van der Waals surface area contributed by atoms with Crippen molar-refractivity contribution in [3.8, 4) is 6.01 Å². The summed E-state index contributed by atoms with van der Waals surface area (Å²) in [5.41, 5.74) is 5.65. The summed E-state index contributed by atoms with van der Waals surface area (Å²) in [6.45, 7) is 2.80. The normalized spacial score (nSPS) is 18.2. The number of rotatable bonds is 4. The fourth-order valence-corrected chi connectivity index (χ4v) is 2.56. The number of H-pyrrole nitrogens is 1. The van der Waals surface area contributed by atoms with Crippen molar-refractivity contribution >= 4 is 23.0 Å². The highest BCUT2D eigenvalue weighted by molar-refractivity contribution is 5.78. The summed E-state index contributed by atoms with van der Waals surface area (Å²) in [6, 6.07) is 1.58.